The van der Waals surface area contributed by atoms with Gasteiger partial charge in [0, 0.05) is 20.3 Å². The van der Waals surface area contributed by atoms with Gasteiger partial charge in [0.1, 0.15) is 16.5 Å². The molecule has 2 aromatic carbocycles. The number of carbonyl (C=O) groups excluding carboxylic acids is 2. The quantitative estimate of drug-likeness (QED) is 0.191. The second kappa shape index (κ2) is 11.9. The fourth-order valence-corrected chi connectivity index (χ4v) is 4.85. The van der Waals surface area contributed by atoms with Crippen molar-refractivity contribution in [2.45, 2.75) is 32.4 Å². The molecule has 0 aromatic heterocycles. The van der Waals surface area contributed by atoms with E-state index in [1.54, 1.807) is 31.4 Å². The molecular formula is C26H29Cl2NO7. The monoisotopic (exact) mass is 537 g/mol. The molecule has 1 heterocycles. The van der Waals surface area contributed by atoms with Crippen LogP contribution in [0, 0.1) is 0 Å². The molecular weight excluding hydrogens is 509 g/mol. The standard InChI is InChI=1S/C26H29Cl2NO7/c1-14(2)36-16-9-6-8-15(12-16)21-19(23(31)26(32)29(21)10-7-11-33-3)22(30)17-13-18(27)25(35-5)20(28)24(17)34-4/h6,8-9,12-14,21,30H,7,10-11H2,1-5H3/b22-19+. The summed E-state index contributed by atoms with van der Waals surface area (Å²) in [4.78, 5) is 27.9. The van der Waals surface area contributed by atoms with Crippen LogP contribution in [0.25, 0.3) is 5.76 Å². The highest BCUT2D eigenvalue weighted by Crippen LogP contribution is 2.47. The number of methoxy groups -OCH3 is 3. The third-order valence-electron chi connectivity index (χ3n) is 5.63. The van der Waals surface area contributed by atoms with Crippen molar-refractivity contribution >= 4 is 40.7 Å². The Morgan fingerprint density at radius 1 is 1.08 bits per heavy atom. The van der Waals surface area contributed by atoms with Crippen LogP contribution in [-0.2, 0) is 14.3 Å². The normalized spacial score (nSPS) is 17.1. The minimum atomic E-state index is -0.887. The summed E-state index contributed by atoms with van der Waals surface area (Å²) < 4.78 is 21.6. The number of Topliss-reactive ketones (excluding diaryl/α,β-unsaturated/α-hetero) is 1. The first-order chi connectivity index (χ1) is 17.2. The first kappa shape index (κ1) is 27.6. The van der Waals surface area contributed by atoms with Crippen molar-refractivity contribution in [2.75, 3.05) is 34.5 Å². The van der Waals surface area contributed by atoms with E-state index in [9.17, 15) is 14.7 Å². The molecule has 10 heteroatoms. The third kappa shape index (κ3) is 5.40. The highest BCUT2D eigenvalue weighted by atomic mass is 35.5. The molecule has 0 saturated carbocycles. The topological polar surface area (TPSA) is 94.5 Å². The molecule has 0 spiro atoms. The van der Waals surface area contributed by atoms with Crippen LogP contribution in [-0.4, -0.2) is 62.3 Å². The number of ether oxygens (including phenoxy) is 4. The Balaban J connectivity index is 2.25. The fourth-order valence-electron chi connectivity index (χ4n) is 4.16. The van der Waals surface area contributed by atoms with Gasteiger partial charge in [0.25, 0.3) is 11.7 Å². The number of nitrogens with zero attached hydrogens (tertiary/aromatic N) is 1. The van der Waals surface area contributed by atoms with E-state index in [0.29, 0.717) is 24.3 Å². The van der Waals surface area contributed by atoms with Gasteiger partial charge in [-0.3, -0.25) is 9.59 Å². The van der Waals surface area contributed by atoms with E-state index in [-0.39, 0.29) is 45.3 Å². The summed E-state index contributed by atoms with van der Waals surface area (Å²) in [5.41, 5.74) is 0.536. The van der Waals surface area contributed by atoms with Gasteiger partial charge in [0.2, 0.25) is 0 Å². The molecule has 1 atom stereocenters. The number of halogens is 2. The molecule has 36 heavy (non-hydrogen) atoms. The summed E-state index contributed by atoms with van der Waals surface area (Å²) in [6, 6.07) is 7.57. The van der Waals surface area contributed by atoms with Crippen LogP contribution in [0.15, 0.2) is 35.9 Å². The predicted octanol–water partition coefficient (Wildman–Crippen LogP) is 5.26. The summed E-state index contributed by atoms with van der Waals surface area (Å²) in [5.74, 6) is -1.27. The maximum atomic E-state index is 13.3. The van der Waals surface area contributed by atoms with Gasteiger partial charge >= 0.3 is 0 Å². The molecule has 0 aliphatic carbocycles. The van der Waals surface area contributed by atoms with Crippen LogP contribution >= 0.6 is 23.2 Å². The highest BCUT2D eigenvalue weighted by Gasteiger charge is 2.46. The fraction of sp³-hybridized carbons (Fsp3) is 0.385. The van der Waals surface area contributed by atoms with Gasteiger partial charge in [-0.15, -0.1) is 0 Å². The van der Waals surface area contributed by atoms with Gasteiger partial charge in [-0.2, -0.15) is 0 Å². The second-order valence-electron chi connectivity index (χ2n) is 8.36. The zero-order valence-corrected chi connectivity index (χ0v) is 22.3. The van der Waals surface area contributed by atoms with Gasteiger partial charge < -0.3 is 29.0 Å². The summed E-state index contributed by atoms with van der Waals surface area (Å²) in [5, 5.41) is 11.6. The number of hydrogen-bond donors (Lipinski definition) is 1. The van der Waals surface area contributed by atoms with Crippen molar-refractivity contribution in [3.8, 4) is 17.2 Å². The molecule has 194 valence electrons. The number of carbonyl (C=O) groups is 2. The number of benzene rings is 2. The maximum Gasteiger partial charge on any atom is 0.295 e. The van der Waals surface area contributed by atoms with E-state index in [1.807, 2.05) is 13.8 Å². The zero-order chi connectivity index (χ0) is 26.6. The van der Waals surface area contributed by atoms with Crippen molar-refractivity contribution in [1.82, 2.24) is 4.90 Å². The first-order valence-corrected chi connectivity index (χ1v) is 12.1. The highest BCUT2D eigenvalue weighted by molar-refractivity contribution is 6.47. The number of rotatable bonds is 10. The minimum absolute atomic E-state index is 0.0206. The van der Waals surface area contributed by atoms with Crippen LogP contribution in [0.5, 0.6) is 17.2 Å². The number of aliphatic hydroxyl groups is 1. The van der Waals surface area contributed by atoms with Crippen LogP contribution in [0.4, 0.5) is 0 Å². The Kier molecular flexibility index (Phi) is 9.11. The molecule has 0 bridgehead atoms. The molecule has 0 radical (unpaired) electrons. The largest absolute Gasteiger partial charge is 0.507 e. The Labute approximate surface area is 220 Å². The predicted molar refractivity (Wildman–Crippen MR) is 137 cm³/mol. The average molecular weight is 538 g/mol. The van der Waals surface area contributed by atoms with E-state index in [1.165, 1.54) is 25.2 Å². The number of hydrogen-bond acceptors (Lipinski definition) is 7. The molecule has 1 saturated heterocycles. The molecule has 1 amide bonds. The molecule has 1 aliphatic heterocycles. The van der Waals surface area contributed by atoms with Gasteiger partial charge in [-0.05, 0) is 44.0 Å². The average Bonchev–Trinajstić information content (AvgIpc) is 3.08. The Morgan fingerprint density at radius 2 is 1.78 bits per heavy atom. The molecule has 1 aliphatic rings. The minimum Gasteiger partial charge on any atom is -0.507 e. The van der Waals surface area contributed by atoms with Gasteiger partial charge in [0.05, 0.1) is 42.5 Å². The summed E-state index contributed by atoms with van der Waals surface area (Å²) in [7, 11) is 4.31. The lowest BCUT2D eigenvalue weighted by Gasteiger charge is -2.26. The Bertz CT molecular complexity index is 1180. The molecule has 8 nitrogen and oxygen atoms in total. The number of aliphatic hydroxyl groups excluding tert-OH is 1. The van der Waals surface area contributed by atoms with Crippen LogP contribution in [0.3, 0.4) is 0 Å². The van der Waals surface area contributed by atoms with E-state index >= 15 is 0 Å². The molecule has 1 unspecified atom stereocenters. The van der Waals surface area contributed by atoms with Gasteiger partial charge in [-0.25, -0.2) is 0 Å². The zero-order valence-electron chi connectivity index (χ0n) is 20.8. The lowest BCUT2D eigenvalue weighted by Crippen LogP contribution is -2.31. The second-order valence-corrected chi connectivity index (χ2v) is 9.15. The van der Waals surface area contributed by atoms with E-state index in [2.05, 4.69) is 0 Å². The summed E-state index contributed by atoms with van der Waals surface area (Å²) in [6.07, 6.45) is 0.410. The van der Waals surface area contributed by atoms with E-state index in [4.69, 9.17) is 42.1 Å². The number of amides is 1. The van der Waals surface area contributed by atoms with Crippen molar-refractivity contribution in [2.24, 2.45) is 0 Å². The van der Waals surface area contributed by atoms with E-state index in [0.717, 1.165) is 0 Å². The van der Waals surface area contributed by atoms with Crippen molar-refractivity contribution in [3.05, 3.63) is 57.1 Å². The third-order valence-corrected chi connectivity index (χ3v) is 6.25. The molecule has 1 N–H and O–H groups in total. The summed E-state index contributed by atoms with van der Waals surface area (Å²) in [6.45, 7) is 4.42. The maximum absolute atomic E-state index is 13.3. The van der Waals surface area contributed by atoms with Crippen molar-refractivity contribution < 1.29 is 33.6 Å². The molecule has 2 aromatic rings. The Hall–Kier alpha value is -2.94. The van der Waals surface area contributed by atoms with E-state index < -0.39 is 23.5 Å². The van der Waals surface area contributed by atoms with Crippen LogP contribution < -0.4 is 14.2 Å². The molecule has 3 rings (SSSR count). The van der Waals surface area contributed by atoms with Crippen molar-refractivity contribution in [1.29, 1.82) is 0 Å². The lowest BCUT2D eigenvalue weighted by atomic mass is 9.94. The summed E-state index contributed by atoms with van der Waals surface area (Å²) >= 11 is 12.7. The van der Waals surface area contributed by atoms with Gasteiger partial charge in [-0.1, -0.05) is 35.3 Å². The van der Waals surface area contributed by atoms with Crippen LogP contribution in [0.1, 0.15) is 37.4 Å². The van der Waals surface area contributed by atoms with Crippen molar-refractivity contribution in [3.63, 3.8) is 0 Å². The Morgan fingerprint density at radius 3 is 2.39 bits per heavy atom. The lowest BCUT2D eigenvalue weighted by molar-refractivity contribution is -0.140. The van der Waals surface area contributed by atoms with Crippen LogP contribution in [0.2, 0.25) is 10.0 Å². The number of ketones is 1. The number of likely N-dealkylation sites (tertiary alicyclic amines) is 1. The molecule has 1 fully saturated rings. The SMILES string of the molecule is COCCCN1C(=O)C(=O)/C(=C(/O)c2cc(Cl)c(OC)c(Cl)c2OC)C1c1cccc(OC(C)C)c1. The van der Waals surface area contributed by atoms with Gasteiger partial charge in [0.15, 0.2) is 11.5 Å². The first-order valence-electron chi connectivity index (χ1n) is 11.3. The smallest absolute Gasteiger partial charge is 0.295 e.